The maximum Gasteiger partial charge on any atom is 0.341 e. The van der Waals surface area contributed by atoms with E-state index in [9.17, 15) is 4.79 Å². The molecule has 2 unspecified atom stereocenters. The Bertz CT molecular complexity index is 415. The number of carbonyl (C=O) groups excluding carboxylic acids is 1. The number of hydrogen-bond donors (Lipinski definition) is 0. The van der Waals surface area contributed by atoms with Gasteiger partial charge in [-0.25, -0.2) is 4.79 Å². The summed E-state index contributed by atoms with van der Waals surface area (Å²) in [5, 5.41) is 0. The smallest absolute Gasteiger partial charge is 0.341 e. The van der Waals surface area contributed by atoms with Crippen molar-refractivity contribution in [1.82, 2.24) is 0 Å². The minimum atomic E-state index is -0.834. The van der Waals surface area contributed by atoms with E-state index in [1.54, 1.807) is 0 Å². The molecule has 0 saturated carbocycles. The van der Waals surface area contributed by atoms with Crippen LogP contribution in [0.3, 0.4) is 0 Å². The number of rotatable bonds is 4. The van der Waals surface area contributed by atoms with Crippen LogP contribution in [0.15, 0.2) is 30.3 Å². The van der Waals surface area contributed by atoms with E-state index in [0.717, 1.165) is 18.4 Å². The summed E-state index contributed by atoms with van der Waals surface area (Å²) in [4.78, 5) is 11.8. The molecule has 3 nitrogen and oxygen atoms in total. The molecule has 0 amide bonds. The Hall–Kier alpha value is -1.35. The van der Waals surface area contributed by atoms with Crippen molar-refractivity contribution in [2.24, 2.45) is 0 Å². The molecule has 1 aromatic carbocycles. The number of epoxide rings is 1. The van der Waals surface area contributed by atoms with Crippen LogP contribution < -0.4 is 0 Å². The van der Waals surface area contributed by atoms with Crippen molar-refractivity contribution in [3.8, 4) is 0 Å². The zero-order valence-electron chi connectivity index (χ0n) is 10.5. The average Bonchev–Trinajstić information content (AvgIpc) is 2.98. The van der Waals surface area contributed by atoms with Crippen LogP contribution in [-0.2, 0) is 19.9 Å². The van der Waals surface area contributed by atoms with Gasteiger partial charge in [-0.1, -0.05) is 43.7 Å². The van der Waals surface area contributed by atoms with Gasteiger partial charge in [0.2, 0.25) is 0 Å². The average molecular weight is 234 g/mol. The largest absolute Gasteiger partial charge is 0.467 e. The van der Waals surface area contributed by atoms with Crippen molar-refractivity contribution < 1.29 is 14.3 Å². The molecule has 0 aliphatic carbocycles. The SMILES string of the molecule is CCCC1(c2ccccc2)OC1(C)C(=O)OC. The van der Waals surface area contributed by atoms with Gasteiger partial charge in [0.25, 0.3) is 0 Å². The van der Waals surface area contributed by atoms with Crippen molar-refractivity contribution in [3.63, 3.8) is 0 Å². The summed E-state index contributed by atoms with van der Waals surface area (Å²) in [7, 11) is 1.40. The van der Waals surface area contributed by atoms with Gasteiger partial charge < -0.3 is 9.47 Å². The van der Waals surface area contributed by atoms with E-state index in [1.807, 2.05) is 37.3 Å². The lowest BCUT2D eigenvalue weighted by Gasteiger charge is -2.15. The fourth-order valence-corrected chi connectivity index (χ4v) is 2.55. The highest BCUT2D eigenvalue weighted by Crippen LogP contribution is 2.59. The van der Waals surface area contributed by atoms with E-state index >= 15 is 0 Å². The van der Waals surface area contributed by atoms with Crippen molar-refractivity contribution in [2.75, 3.05) is 7.11 Å². The van der Waals surface area contributed by atoms with Gasteiger partial charge in [0.15, 0.2) is 5.60 Å². The highest BCUT2D eigenvalue weighted by Gasteiger charge is 2.72. The summed E-state index contributed by atoms with van der Waals surface area (Å²) in [6.45, 7) is 3.89. The van der Waals surface area contributed by atoms with Crippen LogP contribution in [-0.4, -0.2) is 18.7 Å². The summed E-state index contributed by atoms with van der Waals surface area (Å²) in [6.07, 6.45) is 1.78. The van der Waals surface area contributed by atoms with Gasteiger partial charge in [-0.05, 0) is 18.9 Å². The molecule has 92 valence electrons. The van der Waals surface area contributed by atoms with E-state index in [-0.39, 0.29) is 5.97 Å². The van der Waals surface area contributed by atoms with E-state index in [0.29, 0.717) is 0 Å². The van der Waals surface area contributed by atoms with E-state index < -0.39 is 11.2 Å². The van der Waals surface area contributed by atoms with Crippen LogP contribution in [0.4, 0.5) is 0 Å². The van der Waals surface area contributed by atoms with Crippen LogP contribution in [0.1, 0.15) is 32.3 Å². The standard InChI is InChI=1S/C14H18O3/c1-4-10-14(11-8-6-5-7-9-11)13(2,17-14)12(15)16-3/h5-9H,4,10H2,1-3H3. The quantitative estimate of drug-likeness (QED) is 0.594. The fraction of sp³-hybridized carbons (Fsp3) is 0.500. The first-order valence-corrected chi connectivity index (χ1v) is 5.95. The number of ether oxygens (including phenoxy) is 2. The lowest BCUT2D eigenvalue weighted by atomic mass is 9.84. The molecule has 0 bridgehead atoms. The Kier molecular flexibility index (Phi) is 2.96. The molecule has 1 aliphatic rings. The molecular weight excluding hydrogens is 216 g/mol. The molecule has 2 rings (SSSR count). The van der Waals surface area contributed by atoms with Crippen molar-refractivity contribution >= 4 is 5.97 Å². The Morgan fingerprint density at radius 1 is 1.35 bits per heavy atom. The predicted molar refractivity (Wildman–Crippen MR) is 64.5 cm³/mol. The van der Waals surface area contributed by atoms with Gasteiger partial charge >= 0.3 is 5.97 Å². The Labute approximate surface area is 102 Å². The van der Waals surface area contributed by atoms with Gasteiger partial charge in [-0.3, -0.25) is 0 Å². The topological polar surface area (TPSA) is 38.8 Å². The number of hydrogen-bond acceptors (Lipinski definition) is 3. The number of methoxy groups -OCH3 is 1. The zero-order chi connectivity index (χ0) is 12.5. The molecule has 0 spiro atoms. The third-order valence-corrected chi connectivity index (χ3v) is 3.52. The molecule has 1 heterocycles. The maximum atomic E-state index is 11.8. The summed E-state index contributed by atoms with van der Waals surface area (Å²) in [5.41, 5.74) is -0.287. The second-order valence-electron chi connectivity index (χ2n) is 4.57. The Morgan fingerprint density at radius 2 is 2.00 bits per heavy atom. The van der Waals surface area contributed by atoms with Crippen molar-refractivity contribution in [2.45, 2.75) is 37.9 Å². The van der Waals surface area contributed by atoms with Crippen LogP contribution in [0.2, 0.25) is 0 Å². The van der Waals surface area contributed by atoms with Crippen molar-refractivity contribution in [1.29, 1.82) is 0 Å². The molecule has 0 radical (unpaired) electrons. The molecule has 17 heavy (non-hydrogen) atoms. The minimum absolute atomic E-state index is 0.296. The molecule has 2 atom stereocenters. The minimum Gasteiger partial charge on any atom is -0.467 e. The molecule has 1 aliphatic heterocycles. The molecule has 1 saturated heterocycles. The van der Waals surface area contributed by atoms with Crippen molar-refractivity contribution in [3.05, 3.63) is 35.9 Å². The van der Waals surface area contributed by atoms with Gasteiger partial charge in [0, 0.05) is 0 Å². The van der Waals surface area contributed by atoms with Crippen LogP contribution in [0.25, 0.3) is 0 Å². The summed E-state index contributed by atoms with van der Waals surface area (Å²) >= 11 is 0. The summed E-state index contributed by atoms with van der Waals surface area (Å²) in [5.74, 6) is -0.296. The fourth-order valence-electron chi connectivity index (χ4n) is 2.55. The Balaban J connectivity index is 2.36. The molecule has 3 heteroatoms. The monoisotopic (exact) mass is 234 g/mol. The zero-order valence-corrected chi connectivity index (χ0v) is 10.5. The molecule has 1 aromatic rings. The number of carbonyl (C=O) groups is 1. The predicted octanol–water partition coefficient (Wildman–Crippen LogP) is 2.64. The maximum absolute atomic E-state index is 11.8. The first-order chi connectivity index (χ1) is 8.10. The van der Waals surface area contributed by atoms with E-state index in [1.165, 1.54) is 7.11 Å². The third kappa shape index (κ3) is 1.65. The third-order valence-electron chi connectivity index (χ3n) is 3.52. The first-order valence-electron chi connectivity index (χ1n) is 5.95. The highest BCUT2D eigenvalue weighted by atomic mass is 16.7. The molecule has 0 N–H and O–H groups in total. The summed E-state index contributed by atoms with van der Waals surface area (Å²) in [6, 6.07) is 9.90. The van der Waals surface area contributed by atoms with E-state index in [2.05, 4.69) is 6.92 Å². The van der Waals surface area contributed by atoms with Gasteiger partial charge in [0.05, 0.1) is 7.11 Å². The van der Waals surface area contributed by atoms with Gasteiger partial charge in [-0.2, -0.15) is 0 Å². The Morgan fingerprint density at radius 3 is 2.53 bits per heavy atom. The second-order valence-corrected chi connectivity index (χ2v) is 4.57. The lowest BCUT2D eigenvalue weighted by molar-refractivity contribution is -0.146. The summed E-state index contributed by atoms with van der Waals surface area (Å²) < 4.78 is 10.6. The lowest BCUT2D eigenvalue weighted by Crippen LogP contribution is -2.31. The highest BCUT2D eigenvalue weighted by molar-refractivity contribution is 5.84. The van der Waals surface area contributed by atoms with Gasteiger partial charge in [0.1, 0.15) is 5.60 Å². The molecule has 1 fully saturated rings. The molecule has 0 aromatic heterocycles. The number of esters is 1. The molecular formula is C14H18O3. The van der Waals surface area contributed by atoms with Crippen LogP contribution in [0, 0.1) is 0 Å². The second kappa shape index (κ2) is 4.15. The van der Waals surface area contributed by atoms with Gasteiger partial charge in [-0.15, -0.1) is 0 Å². The first kappa shape index (κ1) is 12.1. The van der Waals surface area contributed by atoms with E-state index in [4.69, 9.17) is 9.47 Å². The number of benzene rings is 1. The normalized spacial score (nSPS) is 31.0. The van der Waals surface area contributed by atoms with Crippen LogP contribution in [0.5, 0.6) is 0 Å². The van der Waals surface area contributed by atoms with Crippen LogP contribution >= 0.6 is 0 Å².